The predicted octanol–water partition coefficient (Wildman–Crippen LogP) is 12.3. The predicted molar refractivity (Wildman–Crippen MR) is 164 cm³/mol. The number of hydrogen-bond donors (Lipinski definition) is 0. The van der Waals surface area contributed by atoms with Gasteiger partial charge in [-0.1, -0.05) is 158 Å². The van der Waals surface area contributed by atoms with Crippen molar-refractivity contribution in [2.24, 2.45) is 0 Å². The van der Waals surface area contributed by atoms with E-state index in [4.69, 9.17) is 0 Å². The van der Waals surface area contributed by atoms with Crippen molar-refractivity contribution in [3.05, 3.63) is 65.4 Å². The molecule has 28 heavy (non-hydrogen) atoms. The molecule has 0 aliphatic carbocycles. The molecular weight excluding hydrogens is 1150 g/mol. The van der Waals surface area contributed by atoms with Crippen molar-refractivity contribution in [2.45, 2.75) is 12.9 Å². The lowest BCUT2D eigenvalue weighted by atomic mass is 10.0. The van der Waals surface area contributed by atoms with Crippen LogP contribution in [-0.2, 0) is 6.47 Å². The zero-order chi connectivity index (χ0) is 21.7. The second-order valence-corrected chi connectivity index (χ2v) is 22.5. The molecule has 2 aromatic rings. The van der Waals surface area contributed by atoms with Crippen LogP contribution < -0.4 is 0 Å². The first-order valence-electron chi connectivity index (χ1n) is 7.01. The van der Waals surface area contributed by atoms with E-state index in [0.717, 1.165) is 29.0 Å². The van der Waals surface area contributed by atoms with Crippen LogP contribution in [0.25, 0.3) is 0 Å². The average molecular weight is 1160 g/mol. The molecule has 154 valence electrons. The van der Waals surface area contributed by atoms with Crippen molar-refractivity contribution >= 4 is 191 Å². The summed E-state index contributed by atoms with van der Waals surface area (Å²) in [5.41, 5.74) is 1.94. The molecule has 0 nitrogen and oxygen atoms in total. The van der Waals surface area contributed by atoms with Crippen LogP contribution >= 0.6 is 191 Å². The smallest absolute Gasteiger partial charge is 0.0672 e. The molecule has 0 atom stereocenters. The summed E-state index contributed by atoms with van der Waals surface area (Å²) < 4.78 is 0.437. The Balaban J connectivity index is 2.67. The van der Waals surface area contributed by atoms with Gasteiger partial charge in [0.05, 0.1) is 0 Å². The number of benzene rings is 2. The maximum Gasteiger partial charge on any atom is 0.137 e. The zero-order valence-corrected chi connectivity index (χ0v) is 32.0. The maximum absolute atomic E-state index is 3.90. The Morgan fingerprint density at radius 2 is 1.00 bits per heavy atom. The highest BCUT2D eigenvalue weighted by Gasteiger charge is 2.66. The lowest BCUT2D eigenvalue weighted by molar-refractivity contribution is 0.670. The topological polar surface area (TPSA) is 0 Å². The van der Waals surface area contributed by atoms with Gasteiger partial charge in [0, 0.05) is 17.9 Å². The molecule has 0 fully saturated rings. The molecule has 0 saturated carbocycles. The second-order valence-electron chi connectivity index (χ2n) is 5.51. The van der Waals surface area contributed by atoms with Gasteiger partial charge >= 0.3 is 0 Å². The third-order valence-electron chi connectivity index (χ3n) is 3.76. The summed E-state index contributed by atoms with van der Waals surface area (Å²) in [6.07, 6.45) is 0. The van der Waals surface area contributed by atoms with Crippen LogP contribution in [0.15, 0.2) is 54.3 Å². The Labute approximate surface area is 264 Å². The van der Waals surface area contributed by atoms with Gasteiger partial charge in [-0.05, 0) is 80.9 Å². The fraction of sp³-hybridized carbons (Fsp3) is 0.250. The Kier molecular flexibility index (Phi) is 10.6. The normalized spacial score (nSPS) is 13.7. The molecule has 0 amide bonds. The molecule has 0 N–H and O–H groups in total. The minimum atomic E-state index is -0.835. The lowest BCUT2D eigenvalue weighted by Gasteiger charge is -2.49. The van der Waals surface area contributed by atoms with E-state index in [-0.39, 0.29) is 0 Å². The van der Waals surface area contributed by atoms with E-state index in [2.05, 4.69) is 191 Å². The number of halogens is 12. The summed E-state index contributed by atoms with van der Waals surface area (Å²) in [6, 6.07) is 12.0. The van der Waals surface area contributed by atoms with E-state index in [1.165, 1.54) is 0 Å². The van der Waals surface area contributed by atoms with Crippen LogP contribution in [0.5, 0.6) is 0 Å². The Bertz CT molecular complexity index is 873. The molecule has 0 spiro atoms. The fourth-order valence-electron chi connectivity index (χ4n) is 2.19. The third kappa shape index (κ3) is 5.08. The SMILES string of the molecule is Brc1cc(C(Br)(Br)C(Br)(Br)C(Br)(Br)C(Br)(Br)c2ccccc2)c(Br)c(Br)c1Br. The van der Waals surface area contributed by atoms with Crippen LogP contribution in [0, 0.1) is 0 Å². The van der Waals surface area contributed by atoms with Crippen molar-refractivity contribution in [3.8, 4) is 0 Å². The lowest BCUT2D eigenvalue weighted by Crippen LogP contribution is -2.53. The van der Waals surface area contributed by atoms with Gasteiger partial charge in [-0.2, -0.15) is 0 Å². The van der Waals surface area contributed by atoms with Crippen molar-refractivity contribution in [1.82, 2.24) is 0 Å². The van der Waals surface area contributed by atoms with Gasteiger partial charge in [0.25, 0.3) is 0 Å². The van der Waals surface area contributed by atoms with Crippen molar-refractivity contribution < 1.29 is 0 Å². The Morgan fingerprint density at radius 3 is 1.50 bits per heavy atom. The summed E-state index contributed by atoms with van der Waals surface area (Å²) in [5.74, 6) is 0. The van der Waals surface area contributed by atoms with Gasteiger partial charge in [0.15, 0.2) is 0 Å². The minimum absolute atomic E-state index is 0.704. The summed E-state index contributed by atoms with van der Waals surface area (Å²) in [7, 11) is 0. The number of rotatable bonds is 5. The van der Waals surface area contributed by atoms with E-state index in [0.29, 0.717) is 0 Å². The molecule has 0 heterocycles. The standard InChI is InChI=1S/C16H6Br12/c17-9-6-8(10(18)12(20)11(9)19)14(23,24)16(27,28)15(25,26)13(21,22)7-4-2-1-3-5-7/h1-6H. The van der Waals surface area contributed by atoms with E-state index in [9.17, 15) is 0 Å². The minimum Gasteiger partial charge on any atom is -0.0672 e. The molecule has 12 heteroatoms. The first-order chi connectivity index (χ1) is 12.6. The Morgan fingerprint density at radius 1 is 0.536 bits per heavy atom. The molecule has 0 aromatic heterocycles. The third-order valence-corrected chi connectivity index (χ3v) is 23.7. The summed E-state index contributed by atoms with van der Waals surface area (Å²) in [4.78, 5) is 0. The van der Waals surface area contributed by atoms with Gasteiger partial charge in [0.2, 0.25) is 0 Å². The molecule has 0 bridgehead atoms. The molecule has 0 aliphatic heterocycles. The van der Waals surface area contributed by atoms with E-state index in [1.54, 1.807) is 0 Å². The quantitative estimate of drug-likeness (QED) is 0.159. The Hall–Kier alpha value is 4.20. The van der Waals surface area contributed by atoms with E-state index in [1.807, 2.05) is 36.4 Å². The van der Waals surface area contributed by atoms with Crippen LogP contribution in [0.4, 0.5) is 0 Å². The van der Waals surface area contributed by atoms with E-state index < -0.39 is 12.9 Å². The second kappa shape index (κ2) is 10.4. The van der Waals surface area contributed by atoms with Crippen LogP contribution in [0.2, 0.25) is 0 Å². The van der Waals surface area contributed by atoms with Gasteiger partial charge in [-0.25, -0.2) is 0 Å². The molecule has 0 saturated heterocycles. The van der Waals surface area contributed by atoms with Gasteiger partial charge < -0.3 is 0 Å². The summed E-state index contributed by atoms with van der Waals surface area (Å²) >= 11 is 45.6. The molecule has 2 rings (SSSR count). The number of hydrogen-bond acceptors (Lipinski definition) is 0. The van der Waals surface area contributed by atoms with Crippen LogP contribution in [0.1, 0.15) is 11.1 Å². The van der Waals surface area contributed by atoms with Crippen molar-refractivity contribution in [1.29, 1.82) is 0 Å². The molecule has 0 radical (unpaired) electrons. The van der Waals surface area contributed by atoms with Gasteiger partial charge in [0.1, 0.15) is 12.9 Å². The van der Waals surface area contributed by atoms with Crippen LogP contribution in [-0.4, -0.2) is 6.47 Å². The molecule has 0 aliphatic rings. The van der Waals surface area contributed by atoms with Crippen LogP contribution in [0.3, 0.4) is 0 Å². The highest BCUT2D eigenvalue weighted by Crippen LogP contribution is 2.72. The van der Waals surface area contributed by atoms with Crippen molar-refractivity contribution in [2.75, 3.05) is 0 Å². The summed E-state index contributed by atoms with van der Waals surface area (Å²) in [5, 5.41) is 0. The van der Waals surface area contributed by atoms with Crippen molar-refractivity contribution in [3.63, 3.8) is 0 Å². The monoisotopic (exact) mass is 1150 g/mol. The zero-order valence-electron chi connectivity index (χ0n) is 13.0. The van der Waals surface area contributed by atoms with E-state index >= 15 is 0 Å². The highest BCUT2D eigenvalue weighted by atomic mass is 79.9. The summed E-state index contributed by atoms with van der Waals surface area (Å²) in [6.45, 7) is 0. The van der Waals surface area contributed by atoms with Gasteiger partial charge in [-0.15, -0.1) is 0 Å². The first kappa shape index (κ1) is 28.4. The largest absolute Gasteiger partial charge is 0.137 e. The number of alkyl halides is 8. The maximum atomic E-state index is 3.90. The molecule has 0 unspecified atom stereocenters. The molecular formula is C16H6Br12. The first-order valence-corrected chi connectivity index (χ1v) is 16.5. The average Bonchev–Trinajstić information content (AvgIpc) is 2.63. The fourth-order valence-corrected chi connectivity index (χ4v) is 11.6. The molecule has 2 aromatic carbocycles. The highest BCUT2D eigenvalue weighted by molar-refractivity contribution is 9.34. The van der Waals surface area contributed by atoms with Gasteiger partial charge in [-0.3, -0.25) is 0 Å².